The molecule has 0 aromatic rings. The summed E-state index contributed by atoms with van der Waals surface area (Å²) >= 11 is 0. The second kappa shape index (κ2) is 9.03. The molecule has 0 radical (unpaired) electrons. The quantitative estimate of drug-likeness (QED) is 0.392. The zero-order chi connectivity index (χ0) is 16.3. The van der Waals surface area contributed by atoms with Gasteiger partial charge in [-0.3, -0.25) is 9.89 Å². The van der Waals surface area contributed by atoms with E-state index < -0.39 is 0 Å². The van der Waals surface area contributed by atoms with Gasteiger partial charge in [0.1, 0.15) is 0 Å². The molecule has 0 aromatic heterocycles. The molecule has 6 heteroatoms. The molecule has 1 saturated carbocycles. The van der Waals surface area contributed by atoms with Crippen LogP contribution in [0.25, 0.3) is 0 Å². The van der Waals surface area contributed by atoms with E-state index in [1.807, 2.05) is 7.05 Å². The predicted octanol–water partition coefficient (Wildman–Crippen LogP) is 2.13. The molecule has 1 aliphatic carbocycles. The monoisotopic (exact) mass is 449 g/mol. The van der Waals surface area contributed by atoms with Gasteiger partial charge in [0.2, 0.25) is 0 Å². The van der Waals surface area contributed by atoms with Crippen LogP contribution in [-0.2, 0) is 0 Å². The minimum Gasteiger partial charge on any atom is -0.355 e. The summed E-state index contributed by atoms with van der Waals surface area (Å²) < 4.78 is 0. The summed E-state index contributed by atoms with van der Waals surface area (Å²) in [4.78, 5) is 9.70. The lowest BCUT2D eigenvalue weighted by Crippen LogP contribution is -2.62. The molecule has 2 heterocycles. The van der Waals surface area contributed by atoms with Crippen molar-refractivity contribution in [1.29, 1.82) is 0 Å². The van der Waals surface area contributed by atoms with Crippen LogP contribution in [0.3, 0.4) is 0 Å². The smallest absolute Gasteiger partial charge is 0.191 e. The second-order valence-corrected chi connectivity index (χ2v) is 7.96. The maximum Gasteiger partial charge on any atom is 0.191 e. The van der Waals surface area contributed by atoms with Crippen molar-refractivity contribution in [2.24, 2.45) is 10.9 Å². The van der Waals surface area contributed by atoms with Crippen LogP contribution < -0.4 is 10.6 Å². The van der Waals surface area contributed by atoms with E-state index in [9.17, 15) is 0 Å². The largest absolute Gasteiger partial charge is 0.355 e. The van der Waals surface area contributed by atoms with Crippen LogP contribution in [0.2, 0.25) is 0 Å². The molecule has 2 unspecified atom stereocenters. The molecular formula is C18H36IN5. The van der Waals surface area contributed by atoms with Crippen molar-refractivity contribution in [2.45, 2.75) is 57.0 Å². The van der Waals surface area contributed by atoms with Gasteiger partial charge in [0.15, 0.2) is 5.96 Å². The number of halogens is 1. The van der Waals surface area contributed by atoms with Gasteiger partial charge in [0, 0.05) is 25.2 Å². The Morgan fingerprint density at radius 3 is 2.29 bits per heavy atom. The Balaban J connectivity index is 0.00000208. The van der Waals surface area contributed by atoms with Gasteiger partial charge in [-0.25, -0.2) is 0 Å². The Bertz CT molecular complexity index is 414. The number of piperidine rings is 2. The lowest BCUT2D eigenvalue weighted by atomic mass is 9.84. The fourth-order valence-corrected chi connectivity index (χ4v) is 4.15. The highest BCUT2D eigenvalue weighted by atomic mass is 127. The zero-order valence-electron chi connectivity index (χ0n) is 15.7. The molecule has 0 amide bonds. The number of nitrogens with zero attached hydrogens (tertiary/aromatic N) is 3. The SMILES string of the molecule is CN=C(NCC1(N2CCCCC2)CCN(C)CC1)NC1CC1C.I. The summed E-state index contributed by atoms with van der Waals surface area (Å²) in [5.74, 6) is 1.79. The van der Waals surface area contributed by atoms with Crippen molar-refractivity contribution in [3.63, 3.8) is 0 Å². The van der Waals surface area contributed by atoms with Gasteiger partial charge in [-0.2, -0.15) is 0 Å². The highest BCUT2D eigenvalue weighted by Crippen LogP contribution is 2.31. The first-order valence-electron chi connectivity index (χ1n) is 9.54. The number of aliphatic imine (C=N–C) groups is 1. The zero-order valence-corrected chi connectivity index (χ0v) is 18.0. The molecule has 0 aromatic carbocycles. The summed E-state index contributed by atoms with van der Waals surface area (Å²) in [7, 11) is 4.15. The van der Waals surface area contributed by atoms with Crippen LogP contribution in [0.5, 0.6) is 0 Å². The Kier molecular flexibility index (Phi) is 7.61. The molecule has 3 rings (SSSR count). The highest BCUT2D eigenvalue weighted by Gasteiger charge is 2.40. The molecule has 24 heavy (non-hydrogen) atoms. The van der Waals surface area contributed by atoms with Crippen LogP contribution in [0.1, 0.15) is 45.4 Å². The van der Waals surface area contributed by atoms with Crippen molar-refractivity contribution in [3.05, 3.63) is 0 Å². The third kappa shape index (κ3) is 4.97. The van der Waals surface area contributed by atoms with Gasteiger partial charge in [0.05, 0.1) is 0 Å². The molecule has 2 saturated heterocycles. The first kappa shape index (κ1) is 20.2. The number of hydrogen-bond donors (Lipinski definition) is 2. The summed E-state index contributed by atoms with van der Waals surface area (Å²) in [5, 5.41) is 7.23. The number of guanidine groups is 1. The molecule has 3 fully saturated rings. The minimum absolute atomic E-state index is 0. The number of likely N-dealkylation sites (tertiary alicyclic amines) is 2. The summed E-state index contributed by atoms with van der Waals surface area (Å²) in [6, 6.07) is 0.629. The minimum atomic E-state index is 0. The fourth-order valence-electron chi connectivity index (χ4n) is 4.15. The number of hydrogen-bond acceptors (Lipinski definition) is 3. The van der Waals surface area contributed by atoms with Crippen molar-refractivity contribution >= 4 is 29.9 Å². The molecule has 140 valence electrons. The molecular weight excluding hydrogens is 413 g/mol. The van der Waals surface area contributed by atoms with E-state index in [1.54, 1.807) is 0 Å². The van der Waals surface area contributed by atoms with Crippen LogP contribution in [0.4, 0.5) is 0 Å². The van der Waals surface area contributed by atoms with Gasteiger partial charge >= 0.3 is 0 Å². The number of nitrogens with one attached hydrogen (secondary N) is 2. The van der Waals surface area contributed by atoms with Gasteiger partial charge in [-0.1, -0.05) is 13.3 Å². The Hall–Kier alpha value is -0.0800. The van der Waals surface area contributed by atoms with E-state index in [0.717, 1.165) is 18.4 Å². The Labute approximate surface area is 165 Å². The molecule has 2 atom stereocenters. The van der Waals surface area contributed by atoms with Crippen LogP contribution in [0.15, 0.2) is 4.99 Å². The molecule has 5 nitrogen and oxygen atoms in total. The van der Waals surface area contributed by atoms with E-state index in [2.05, 4.69) is 39.4 Å². The van der Waals surface area contributed by atoms with E-state index >= 15 is 0 Å². The van der Waals surface area contributed by atoms with Crippen molar-refractivity contribution in [1.82, 2.24) is 20.4 Å². The van der Waals surface area contributed by atoms with Gasteiger partial charge in [0.25, 0.3) is 0 Å². The average molecular weight is 449 g/mol. The number of rotatable bonds is 4. The molecule has 2 N–H and O–H groups in total. The maximum atomic E-state index is 4.44. The Morgan fingerprint density at radius 1 is 1.12 bits per heavy atom. The van der Waals surface area contributed by atoms with Crippen molar-refractivity contribution < 1.29 is 0 Å². The van der Waals surface area contributed by atoms with E-state index in [-0.39, 0.29) is 24.0 Å². The molecule has 0 spiro atoms. The lowest BCUT2D eigenvalue weighted by molar-refractivity contribution is 0.0173. The van der Waals surface area contributed by atoms with Gasteiger partial charge in [-0.05, 0) is 71.2 Å². The first-order valence-corrected chi connectivity index (χ1v) is 9.54. The molecule has 2 aliphatic heterocycles. The van der Waals surface area contributed by atoms with Crippen LogP contribution in [0, 0.1) is 5.92 Å². The molecule has 0 bridgehead atoms. The average Bonchev–Trinajstić information content (AvgIpc) is 3.29. The first-order chi connectivity index (χ1) is 11.1. The molecule has 3 aliphatic rings. The fraction of sp³-hybridized carbons (Fsp3) is 0.944. The predicted molar refractivity (Wildman–Crippen MR) is 112 cm³/mol. The van der Waals surface area contributed by atoms with Crippen LogP contribution in [-0.4, -0.2) is 74.2 Å². The van der Waals surface area contributed by atoms with Crippen molar-refractivity contribution in [3.8, 4) is 0 Å². The van der Waals surface area contributed by atoms with Crippen LogP contribution >= 0.6 is 24.0 Å². The maximum absolute atomic E-state index is 4.44. The normalized spacial score (nSPS) is 31.2. The lowest BCUT2D eigenvalue weighted by Gasteiger charge is -2.50. The van der Waals surface area contributed by atoms with Crippen molar-refractivity contribution in [2.75, 3.05) is 46.8 Å². The highest BCUT2D eigenvalue weighted by molar-refractivity contribution is 14.0. The van der Waals surface area contributed by atoms with Gasteiger partial charge < -0.3 is 15.5 Å². The Morgan fingerprint density at radius 2 is 1.75 bits per heavy atom. The van der Waals surface area contributed by atoms with Gasteiger partial charge in [-0.15, -0.1) is 24.0 Å². The van der Waals surface area contributed by atoms with E-state index in [0.29, 0.717) is 11.6 Å². The standard InChI is InChI=1S/C18H35N5.HI/c1-15-13-16(15)21-17(19-2)20-14-18(7-11-22(3)12-8-18)23-9-5-4-6-10-23;/h15-16H,4-14H2,1-3H3,(H2,19,20,21);1H. The summed E-state index contributed by atoms with van der Waals surface area (Å²) in [5.41, 5.74) is 0.319. The summed E-state index contributed by atoms with van der Waals surface area (Å²) in [6.45, 7) is 8.31. The van der Waals surface area contributed by atoms with E-state index in [1.165, 1.54) is 64.7 Å². The second-order valence-electron chi connectivity index (χ2n) is 7.96. The third-order valence-electron chi connectivity index (χ3n) is 6.18. The third-order valence-corrected chi connectivity index (χ3v) is 6.18. The topological polar surface area (TPSA) is 42.9 Å². The summed E-state index contributed by atoms with van der Waals surface area (Å²) in [6.07, 6.45) is 7.96. The van der Waals surface area contributed by atoms with E-state index in [4.69, 9.17) is 0 Å².